The third-order valence-corrected chi connectivity index (χ3v) is 3.65. The SMILES string of the molecule is CCCCN(CC)CC(=O)Nc1c(C)cccc1CC. The Morgan fingerprint density at radius 2 is 2.00 bits per heavy atom. The third-order valence-electron chi connectivity index (χ3n) is 3.65. The van der Waals surface area contributed by atoms with Gasteiger partial charge in [0.25, 0.3) is 0 Å². The van der Waals surface area contributed by atoms with Crippen LogP contribution in [0, 0.1) is 6.92 Å². The van der Waals surface area contributed by atoms with Gasteiger partial charge in [-0.25, -0.2) is 0 Å². The van der Waals surface area contributed by atoms with Crippen molar-refractivity contribution >= 4 is 11.6 Å². The first kappa shape index (κ1) is 16.7. The van der Waals surface area contributed by atoms with Crippen molar-refractivity contribution in [3.8, 4) is 0 Å². The van der Waals surface area contributed by atoms with Crippen LogP contribution in [0.15, 0.2) is 18.2 Å². The molecule has 0 heterocycles. The minimum absolute atomic E-state index is 0.0898. The topological polar surface area (TPSA) is 32.3 Å². The summed E-state index contributed by atoms with van der Waals surface area (Å²) in [5.74, 6) is 0.0898. The van der Waals surface area contributed by atoms with Crippen LogP contribution >= 0.6 is 0 Å². The van der Waals surface area contributed by atoms with E-state index < -0.39 is 0 Å². The summed E-state index contributed by atoms with van der Waals surface area (Å²) in [4.78, 5) is 14.4. The van der Waals surface area contributed by atoms with Crippen LogP contribution in [0.5, 0.6) is 0 Å². The Kier molecular flexibility index (Phi) is 7.31. The number of likely N-dealkylation sites (N-methyl/N-ethyl adjacent to an activating group) is 1. The number of nitrogens with one attached hydrogen (secondary N) is 1. The van der Waals surface area contributed by atoms with Gasteiger partial charge in [0.1, 0.15) is 0 Å². The summed E-state index contributed by atoms with van der Waals surface area (Å²) >= 11 is 0. The molecule has 1 aromatic rings. The van der Waals surface area contributed by atoms with Gasteiger partial charge in [-0.3, -0.25) is 9.69 Å². The van der Waals surface area contributed by atoms with Crippen molar-refractivity contribution in [2.75, 3.05) is 25.0 Å². The number of hydrogen-bond acceptors (Lipinski definition) is 2. The molecule has 3 heteroatoms. The molecule has 0 radical (unpaired) electrons. The van der Waals surface area contributed by atoms with Crippen LogP contribution in [0.4, 0.5) is 5.69 Å². The number of anilines is 1. The van der Waals surface area contributed by atoms with E-state index in [1.807, 2.05) is 19.1 Å². The second kappa shape index (κ2) is 8.75. The molecule has 1 rings (SSSR count). The van der Waals surface area contributed by atoms with E-state index in [1.54, 1.807) is 0 Å². The zero-order valence-corrected chi connectivity index (χ0v) is 13.3. The van der Waals surface area contributed by atoms with Gasteiger partial charge >= 0.3 is 0 Å². The molecule has 0 bridgehead atoms. The van der Waals surface area contributed by atoms with Crippen molar-refractivity contribution in [1.29, 1.82) is 0 Å². The van der Waals surface area contributed by atoms with E-state index in [-0.39, 0.29) is 5.91 Å². The molecule has 0 atom stereocenters. The first-order valence-corrected chi connectivity index (χ1v) is 7.73. The lowest BCUT2D eigenvalue weighted by molar-refractivity contribution is -0.117. The largest absolute Gasteiger partial charge is 0.324 e. The number of unbranched alkanes of at least 4 members (excludes halogenated alkanes) is 1. The predicted molar refractivity (Wildman–Crippen MR) is 86.2 cm³/mol. The third kappa shape index (κ3) is 4.97. The maximum absolute atomic E-state index is 12.2. The fraction of sp³-hybridized carbons (Fsp3) is 0.588. The normalized spacial score (nSPS) is 10.8. The summed E-state index contributed by atoms with van der Waals surface area (Å²) in [5, 5.41) is 3.09. The van der Waals surface area contributed by atoms with E-state index in [9.17, 15) is 4.79 Å². The highest BCUT2D eigenvalue weighted by Crippen LogP contribution is 2.20. The van der Waals surface area contributed by atoms with Crippen molar-refractivity contribution in [3.05, 3.63) is 29.3 Å². The minimum atomic E-state index is 0.0898. The minimum Gasteiger partial charge on any atom is -0.324 e. The lowest BCUT2D eigenvalue weighted by Crippen LogP contribution is -2.34. The zero-order valence-electron chi connectivity index (χ0n) is 13.3. The molecule has 20 heavy (non-hydrogen) atoms. The Morgan fingerprint density at radius 1 is 1.25 bits per heavy atom. The number of carbonyl (C=O) groups is 1. The number of amides is 1. The Balaban J connectivity index is 2.66. The molecular formula is C17H28N2O. The monoisotopic (exact) mass is 276 g/mol. The highest BCUT2D eigenvalue weighted by Gasteiger charge is 2.11. The second-order valence-electron chi connectivity index (χ2n) is 5.23. The van der Waals surface area contributed by atoms with Crippen LogP contribution in [-0.2, 0) is 11.2 Å². The molecule has 0 aromatic heterocycles. The van der Waals surface area contributed by atoms with Crippen LogP contribution in [0.25, 0.3) is 0 Å². The van der Waals surface area contributed by atoms with Gasteiger partial charge in [0.15, 0.2) is 0 Å². The summed E-state index contributed by atoms with van der Waals surface area (Å²) in [7, 11) is 0. The predicted octanol–water partition coefficient (Wildman–Crippen LogP) is 3.62. The quantitative estimate of drug-likeness (QED) is 0.786. The average molecular weight is 276 g/mol. The molecular weight excluding hydrogens is 248 g/mol. The summed E-state index contributed by atoms with van der Waals surface area (Å²) < 4.78 is 0. The van der Waals surface area contributed by atoms with Gasteiger partial charge in [-0.05, 0) is 44.0 Å². The van der Waals surface area contributed by atoms with E-state index in [0.29, 0.717) is 6.54 Å². The molecule has 0 spiro atoms. The molecule has 0 aliphatic rings. The van der Waals surface area contributed by atoms with E-state index in [1.165, 1.54) is 5.56 Å². The number of para-hydroxylation sites is 1. The Bertz CT molecular complexity index is 429. The number of carbonyl (C=O) groups excluding carboxylic acids is 1. The molecule has 0 unspecified atom stereocenters. The van der Waals surface area contributed by atoms with Crippen molar-refractivity contribution in [2.24, 2.45) is 0 Å². The number of rotatable bonds is 8. The Hall–Kier alpha value is -1.35. The molecule has 112 valence electrons. The fourth-order valence-electron chi connectivity index (χ4n) is 2.31. The van der Waals surface area contributed by atoms with E-state index >= 15 is 0 Å². The molecule has 1 amide bonds. The highest BCUT2D eigenvalue weighted by atomic mass is 16.2. The van der Waals surface area contributed by atoms with Gasteiger partial charge in [-0.2, -0.15) is 0 Å². The van der Waals surface area contributed by atoms with E-state index in [4.69, 9.17) is 0 Å². The van der Waals surface area contributed by atoms with Crippen molar-refractivity contribution in [1.82, 2.24) is 4.90 Å². The molecule has 1 N–H and O–H groups in total. The maximum Gasteiger partial charge on any atom is 0.238 e. The highest BCUT2D eigenvalue weighted by molar-refractivity contribution is 5.93. The van der Waals surface area contributed by atoms with Gasteiger partial charge in [0.2, 0.25) is 5.91 Å². The molecule has 0 aliphatic heterocycles. The van der Waals surface area contributed by atoms with Crippen LogP contribution in [0.3, 0.4) is 0 Å². The Labute approximate surface area is 123 Å². The lowest BCUT2D eigenvalue weighted by Gasteiger charge is -2.20. The van der Waals surface area contributed by atoms with Gasteiger partial charge in [-0.15, -0.1) is 0 Å². The summed E-state index contributed by atoms with van der Waals surface area (Å²) in [6.45, 7) is 10.8. The summed E-state index contributed by atoms with van der Waals surface area (Å²) in [6, 6.07) is 6.17. The lowest BCUT2D eigenvalue weighted by atomic mass is 10.1. The molecule has 0 saturated carbocycles. The van der Waals surface area contributed by atoms with Gasteiger partial charge < -0.3 is 5.32 Å². The zero-order chi connectivity index (χ0) is 15.0. The second-order valence-corrected chi connectivity index (χ2v) is 5.23. The first-order chi connectivity index (χ1) is 9.62. The van der Waals surface area contributed by atoms with Crippen LogP contribution < -0.4 is 5.32 Å². The molecule has 0 fully saturated rings. The smallest absolute Gasteiger partial charge is 0.238 e. The molecule has 0 saturated heterocycles. The summed E-state index contributed by atoms with van der Waals surface area (Å²) in [5.41, 5.74) is 3.33. The Morgan fingerprint density at radius 3 is 2.60 bits per heavy atom. The van der Waals surface area contributed by atoms with Crippen LogP contribution in [0.2, 0.25) is 0 Å². The maximum atomic E-state index is 12.2. The van der Waals surface area contributed by atoms with E-state index in [0.717, 1.165) is 43.6 Å². The van der Waals surface area contributed by atoms with Crippen molar-refractivity contribution in [2.45, 2.75) is 47.0 Å². The van der Waals surface area contributed by atoms with Gasteiger partial charge in [0.05, 0.1) is 6.54 Å². The summed E-state index contributed by atoms with van der Waals surface area (Å²) in [6.07, 6.45) is 3.24. The number of hydrogen-bond donors (Lipinski definition) is 1. The molecule has 1 aromatic carbocycles. The molecule has 0 aliphatic carbocycles. The first-order valence-electron chi connectivity index (χ1n) is 7.73. The number of nitrogens with zero attached hydrogens (tertiary/aromatic N) is 1. The number of aryl methyl sites for hydroxylation is 2. The van der Waals surface area contributed by atoms with Crippen LogP contribution in [0.1, 0.15) is 44.7 Å². The fourth-order valence-corrected chi connectivity index (χ4v) is 2.31. The van der Waals surface area contributed by atoms with Crippen molar-refractivity contribution < 1.29 is 4.79 Å². The van der Waals surface area contributed by atoms with Gasteiger partial charge in [0, 0.05) is 5.69 Å². The average Bonchev–Trinajstić information content (AvgIpc) is 2.45. The molecule has 3 nitrogen and oxygen atoms in total. The van der Waals surface area contributed by atoms with Crippen LogP contribution in [-0.4, -0.2) is 30.4 Å². The van der Waals surface area contributed by atoms with Crippen molar-refractivity contribution in [3.63, 3.8) is 0 Å². The number of benzene rings is 1. The van der Waals surface area contributed by atoms with E-state index in [2.05, 4.69) is 37.1 Å². The standard InChI is InChI=1S/C17H28N2O/c1-5-8-12-19(7-3)13-16(20)18-17-14(4)10-9-11-15(17)6-2/h9-11H,5-8,12-13H2,1-4H3,(H,18,20). The van der Waals surface area contributed by atoms with Gasteiger partial charge in [-0.1, -0.05) is 45.4 Å².